The van der Waals surface area contributed by atoms with Gasteiger partial charge in [0.15, 0.2) is 0 Å². The zero-order chi connectivity index (χ0) is 16.6. The highest BCUT2D eigenvalue weighted by molar-refractivity contribution is 8.03. The summed E-state index contributed by atoms with van der Waals surface area (Å²) in [5, 5.41) is 21.2. The average molecular weight is 352 g/mol. The fourth-order valence-corrected chi connectivity index (χ4v) is 5.45. The van der Waals surface area contributed by atoms with Crippen molar-refractivity contribution in [2.75, 3.05) is 0 Å². The van der Waals surface area contributed by atoms with Gasteiger partial charge in [0.05, 0.1) is 4.75 Å². The van der Waals surface area contributed by atoms with Crippen LogP contribution in [0, 0.1) is 0 Å². The van der Waals surface area contributed by atoms with E-state index in [-0.39, 0.29) is 10.5 Å². The normalized spacial score (nSPS) is 19.7. The molecular weight excluding hydrogens is 336 g/mol. The number of hydrogen-bond donors (Lipinski definition) is 2. The van der Waals surface area contributed by atoms with Crippen LogP contribution in [0.3, 0.4) is 0 Å². The van der Waals surface area contributed by atoms with Gasteiger partial charge in [-0.1, -0.05) is 18.2 Å². The monoisotopic (exact) mass is 352 g/mol. The van der Waals surface area contributed by atoms with E-state index in [0.29, 0.717) is 5.75 Å². The first kappa shape index (κ1) is 15.4. The van der Waals surface area contributed by atoms with E-state index in [1.165, 1.54) is 15.3 Å². The van der Waals surface area contributed by atoms with Crippen LogP contribution in [-0.2, 0) is 4.75 Å². The summed E-state index contributed by atoms with van der Waals surface area (Å²) in [5.74, 6) is 0.576. The molecule has 4 heteroatoms. The van der Waals surface area contributed by atoms with Gasteiger partial charge in [-0.15, -0.1) is 23.1 Å². The molecule has 0 saturated heterocycles. The molecule has 2 N–H and O–H groups in total. The van der Waals surface area contributed by atoms with E-state index >= 15 is 0 Å². The predicted molar refractivity (Wildman–Crippen MR) is 102 cm³/mol. The van der Waals surface area contributed by atoms with Crippen LogP contribution in [-0.4, -0.2) is 10.2 Å². The van der Waals surface area contributed by atoms with Crippen LogP contribution < -0.4 is 0 Å². The number of benzene rings is 2. The zero-order valence-corrected chi connectivity index (χ0v) is 14.5. The van der Waals surface area contributed by atoms with Crippen molar-refractivity contribution in [3.63, 3.8) is 0 Å². The van der Waals surface area contributed by atoms with Gasteiger partial charge < -0.3 is 10.2 Å². The molecule has 120 valence electrons. The molecule has 0 amide bonds. The summed E-state index contributed by atoms with van der Waals surface area (Å²) in [6.45, 7) is 0. The van der Waals surface area contributed by atoms with Gasteiger partial charge >= 0.3 is 0 Å². The van der Waals surface area contributed by atoms with E-state index in [1.807, 2.05) is 36.0 Å². The maximum Gasteiger partial charge on any atom is 0.115 e. The summed E-state index contributed by atoms with van der Waals surface area (Å²) >= 11 is 3.60. The molecule has 4 rings (SSSR count). The summed E-state index contributed by atoms with van der Waals surface area (Å²) in [4.78, 5) is 2.49. The second kappa shape index (κ2) is 6.04. The zero-order valence-electron chi connectivity index (χ0n) is 12.8. The second-order valence-electron chi connectivity index (χ2n) is 5.78. The van der Waals surface area contributed by atoms with Crippen molar-refractivity contribution >= 4 is 23.1 Å². The van der Waals surface area contributed by atoms with Gasteiger partial charge in [0.1, 0.15) is 11.5 Å². The largest absolute Gasteiger partial charge is 0.508 e. The molecule has 1 aliphatic heterocycles. The molecule has 0 aliphatic carbocycles. The molecular formula is C20H16O2S2. The highest BCUT2D eigenvalue weighted by atomic mass is 32.2. The van der Waals surface area contributed by atoms with Crippen LogP contribution in [0.2, 0.25) is 0 Å². The smallest absolute Gasteiger partial charge is 0.115 e. The van der Waals surface area contributed by atoms with Crippen molar-refractivity contribution in [3.05, 3.63) is 82.6 Å². The lowest BCUT2D eigenvalue weighted by molar-refractivity contribution is 0.474. The lowest BCUT2D eigenvalue weighted by Crippen LogP contribution is -2.18. The molecule has 24 heavy (non-hydrogen) atoms. The number of aromatic hydroxyl groups is 2. The van der Waals surface area contributed by atoms with E-state index in [4.69, 9.17) is 0 Å². The van der Waals surface area contributed by atoms with Crippen LogP contribution in [0.1, 0.15) is 16.9 Å². The summed E-state index contributed by atoms with van der Waals surface area (Å²) in [5.41, 5.74) is 2.32. The number of allylic oxidation sites excluding steroid dienone is 1. The minimum atomic E-state index is -0.118. The molecule has 3 aromatic rings. The Bertz CT molecular complexity index is 869. The van der Waals surface area contributed by atoms with Crippen LogP contribution >= 0.6 is 23.1 Å². The molecule has 1 unspecified atom stereocenters. The Kier molecular flexibility index (Phi) is 3.87. The third-order valence-electron chi connectivity index (χ3n) is 4.26. The molecule has 0 radical (unpaired) electrons. The topological polar surface area (TPSA) is 40.5 Å². The summed E-state index contributed by atoms with van der Waals surface area (Å²) in [6, 6.07) is 19.2. The van der Waals surface area contributed by atoms with Crippen LogP contribution in [0.25, 0.3) is 10.4 Å². The van der Waals surface area contributed by atoms with Gasteiger partial charge in [0, 0.05) is 9.75 Å². The van der Waals surface area contributed by atoms with E-state index in [0.717, 1.165) is 12.0 Å². The molecule has 2 heterocycles. The third kappa shape index (κ3) is 2.62. The minimum Gasteiger partial charge on any atom is -0.508 e. The molecule has 1 aromatic heterocycles. The molecule has 2 nitrogen and oxygen atoms in total. The first-order valence-electron chi connectivity index (χ1n) is 7.69. The number of rotatable bonds is 3. The molecule has 1 atom stereocenters. The number of hydrogen-bond acceptors (Lipinski definition) is 4. The standard InChI is InChI=1S/C20H16O2S2/c21-16-6-2-14(3-7-16)18-10-11-19(24-18)20(12-1-13-23-20)15-4-8-17(22)9-5-15/h1-11,13,21-22H,12H2. The van der Waals surface area contributed by atoms with Gasteiger partial charge in [-0.3, -0.25) is 0 Å². The molecule has 0 bridgehead atoms. The number of thioether (sulfide) groups is 1. The molecule has 0 fully saturated rings. The average Bonchev–Trinajstić information content (AvgIpc) is 3.26. The van der Waals surface area contributed by atoms with E-state index in [9.17, 15) is 10.2 Å². The van der Waals surface area contributed by atoms with Gasteiger partial charge in [-0.2, -0.15) is 0 Å². The Morgan fingerprint density at radius 3 is 2.08 bits per heavy atom. The van der Waals surface area contributed by atoms with Gasteiger partial charge in [-0.25, -0.2) is 0 Å². The highest BCUT2D eigenvalue weighted by Crippen LogP contribution is 2.53. The fourth-order valence-electron chi connectivity index (χ4n) is 2.98. The fraction of sp³-hybridized carbons (Fsp3) is 0.100. The minimum absolute atomic E-state index is 0.118. The predicted octanol–water partition coefficient (Wildman–Crippen LogP) is 5.72. The molecule has 2 aromatic carbocycles. The lowest BCUT2D eigenvalue weighted by Gasteiger charge is -2.27. The van der Waals surface area contributed by atoms with Gasteiger partial charge in [0.25, 0.3) is 0 Å². The lowest BCUT2D eigenvalue weighted by atomic mass is 9.93. The number of phenolic OH excluding ortho intramolecular Hbond substituents is 2. The maximum atomic E-state index is 9.59. The Morgan fingerprint density at radius 1 is 0.792 bits per heavy atom. The maximum absolute atomic E-state index is 9.59. The molecule has 0 saturated carbocycles. The van der Waals surface area contributed by atoms with E-state index in [1.54, 1.807) is 35.6 Å². The van der Waals surface area contributed by atoms with Crippen LogP contribution in [0.4, 0.5) is 0 Å². The van der Waals surface area contributed by atoms with Crippen molar-refractivity contribution < 1.29 is 10.2 Å². The van der Waals surface area contributed by atoms with Crippen molar-refractivity contribution in [1.82, 2.24) is 0 Å². The van der Waals surface area contributed by atoms with Crippen molar-refractivity contribution in [1.29, 1.82) is 0 Å². The summed E-state index contributed by atoms with van der Waals surface area (Å²) < 4.78 is -0.118. The van der Waals surface area contributed by atoms with Crippen LogP contribution in [0.15, 0.2) is 72.1 Å². The van der Waals surface area contributed by atoms with Crippen molar-refractivity contribution in [2.24, 2.45) is 0 Å². The SMILES string of the molecule is Oc1ccc(-c2ccc(C3(c4ccc(O)cc4)CC=CS3)s2)cc1. The van der Waals surface area contributed by atoms with Gasteiger partial charge in [0.2, 0.25) is 0 Å². The second-order valence-corrected chi connectivity index (χ2v) is 8.07. The Labute approximate surface area is 149 Å². The first-order valence-corrected chi connectivity index (χ1v) is 9.39. The highest BCUT2D eigenvalue weighted by Gasteiger charge is 2.37. The molecule has 1 aliphatic rings. The Morgan fingerprint density at radius 2 is 1.46 bits per heavy atom. The van der Waals surface area contributed by atoms with E-state index < -0.39 is 0 Å². The van der Waals surface area contributed by atoms with Crippen molar-refractivity contribution in [2.45, 2.75) is 11.2 Å². The third-order valence-corrected chi connectivity index (χ3v) is 7.04. The van der Waals surface area contributed by atoms with Crippen molar-refractivity contribution in [3.8, 4) is 21.9 Å². The van der Waals surface area contributed by atoms with E-state index in [2.05, 4.69) is 23.6 Å². The van der Waals surface area contributed by atoms with Crippen LogP contribution in [0.5, 0.6) is 11.5 Å². The Balaban J connectivity index is 1.75. The Hall–Kier alpha value is -2.17. The molecule has 0 spiro atoms. The summed E-state index contributed by atoms with van der Waals surface area (Å²) in [7, 11) is 0. The summed E-state index contributed by atoms with van der Waals surface area (Å²) in [6.07, 6.45) is 3.15. The quantitative estimate of drug-likeness (QED) is 0.633. The number of thiophene rings is 1. The first-order chi connectivity index (χ1) is 11.7. The van der Waals surface area contributed by atoms with Gasteiger partial charge in [-0.05, 0) is 71.5 Å². The number of phenols is 2.